The lowest BCUT2D eigenvalue weighted by Crippen LogP contribution is -2.37. The van der Waals surface area contributed by atoms with Crippen LogP contribution in [0.5, 0.6) is 11.5 Å². The Bertz CT molecular complexity index is 763. The molecule has 3 rings (SSSR count). The van der Waals surface area contributed by atoms with E-state index in [4.69, 9.17) is 14.2 Å². The molecule has 7 heteroatoms. The summed E-state index contributed by atoms with van der Waals surface area (Å²) in [5, 5.41) is 5.75. The molecule has 0 aliphatic carbocycles. The molecular formula is C21H27N3O4. The van der Waals surface area contributed by atoms with Crippen LogP contribution in [0.3, 0.4) is 0 Å². The van der Waals surface area contributed by atoms with Crippen molar-refractivity contribution in [3.05, 3.63) is 48.5 Å². The van der Waals surface area contributed by atoms with Crippen molar-refractivity contribution in [3.8, 4) is 11.5 Å². The zero-order valence-electron chi connectivity index (χ0n) is 16.1. The van der Waals surface area contributed by atoms with Crippen LogP contribution in [0.2, 0.25) is 0 Å². The molecule has 0 aromatic heterocycles. The van der Waals surface area contributed by atoms with Gasteiger partial charge in [0.1, 0.15) is 18.1 Å². The van der Waals surface area contributed by atoms with Gasteiger partial charge in [-0.05, 0) is 31.2 Å². The van der Waals surface area contributed by atoms with Gasteiger partial charge in [0, 0.05) is 19.2 Å². The molecule has 1 saturated heterocycles. The fourth-order valence-electron chi connectivity index (χ4n) is 2.98. The number of carbonyl (C=O) groups excluding carboxylic acids is 1. The minimum atomic E-state index is -0.257. The highest BCUT2D eigenvalue weighted by atomic mass is 16.5. The van der Waals surface area contributed by atoms with E-state index in [1.165, 1.54) is 0 Å². The Morgan fingerprint density at radius 1 is 1.07 bits per heavy atom. The van der Waals surface area contributed by atoms with Gasteiger partial charge in [-0.25, -0.2) is 4.79 Å². The Labute approximate surface area is 165 Å². The van der Waals surface area contributed by atoms with Crippen LogP contribution >= 0.6 is 0 Å². The van der Waals surface area contributed by atoms with Crippen molar-refractivity contribution >= 4 is 17.4 Å². The zero-order chi connectivity index (χ0) is 19.6. The average molecular weight is 385 g/mol. The number of morpholine rings is 1. The van der Waals surface area contributed by atoms with Crippen molar-refractivity contribution in [1.82, 2.24) is 5.32 Å². The summed E-state index contributed by atoms with van der Waals surface area (Å²) in [5.74, 6) is 1.48. The summed E-state index contributed by atoms with van der Waals surface area (Å²) < 4.78 is 16.5. The van der Waals surface area contributed by atoms with E-state index in [0.717, 1.165) is 30.2 Å². The smallest absolute Gasteiger partial charge is 0.319 e. The lowest BCUT2D eigenvalue weighted by atomic mass is 10.2. The molecule has 0 saturated carbocycles. The molecule has 0 radical (unpaired) electrons. The van der Waals surface area contributed by atoms with Crippen LogP contribution < -0.4 is 25.0 Å². The number of hydrogen-bond donors (Lipinski definition) is 2. The molecule has 0 spiro atoms. The minimum absolute atomic E-state index is 0.257. The Morgan fingerprint density at radius 3 is 2.61 bits per heavy atom. The Kier molecular flexibility index (Phi) is 7.37. The molecule has 0 unspecified atom stereocenters. The van der Waals surface area contributed by atoms with Gasteiger partial charge in [0.2, 0.25) is 0 Å². The first-order valence-corrected chi connectivity index (χ1v) is 9.58. The average Bonchev–Trinajstić information content (AvgIpc) is 2.73. The summed E-state index contributed by atoms with van der Waals surface area (Å²) in [5.41, 5.74) is 1.79. The molecule has 28 heavy (non-hydrogen) atoms. The fraction of sp³-hybridized carbons (Fsp3) is 0.381. The summed E-state index contributed by atoms with van der Waals surface area (Å²) in [4.78, 5) is 14.5. The highest BCUT2D eigenvalue weighted by Crippen LogP contribution is 2.26. The number of ether oxygens (including phenoxy) is 3. The van der Waals surface area contributed by atoms with Gasteiger partial charge >= 0.3 is 6.03 Å². The monoisotopic (exact) mass is 385 g/mol. The molecule has 1 aliphatic rings. The normalized spacial score (nSPS) is 13.7. The van der Waals surface area contributed by atoms with Gasteiger partial charge in [0.15, 0.2) is 0 Å². The summed E-state index contributed by atoms with van der Waals surface area (Å²) in [7, 11) is 0. The van der Waals surface area contributed by atoms with E-state index in [1.54, 1.807) is 0 Å². The van der Waals surface area contributed by atoms with Gasteiger partial charge < -0.3 is 29.7 Å². The summed E-state index contributed by atoms with van der Waals surface area (Å²) >= 11 is 0. The van der Waals surface area contributed by atoms with E-state index in [0.29, 0.717) is 38.7 Å². The summed E-state index contributed by atoms with van der Waals surface area (Å²) in [6.45, 7) is 6.33. The van der Waals surface area contributed by atoms with Crippen LogP contribution in [0, 0.1) is 0 Å². The number of urea groups is 1. The van der Waals surface area contributed by atoms with Crippen molar-refractivity contribution in [2.45, 2.75) is 6.92 Å². The quantitative estimate of drug-likeness (QED) is 0.683. The Hall–Kier alpha value is -2.93. The molecule has 2 aromatic rings. The first-order valence-electron chi connectivity index (χ1n) is 9.58. The van der Waals surface area contributed by atoms with Crippen LogP contribution in [0.1, 0.15) is 6.92 Å². The largest absolute Gasteiger partial charge is 0.494 e. The molecule has 7 nitrogen and oxygen atoms in total. The lowest BCUT2D eigenvalue weighted by Gasteiger charge is -2.30. The third kappa shape index (κ3) is 5.79. The second-order valence-electron chi connectivity index (χ2n) is 6.25. The molecular weight excluding hydrogens is 358 g/mol. The highest BCUT2D eigenvalue weighted by molar-refractivity contribution is 5.93. The maximum atomic E-state index is 12.3. The lowest BCUT2D eigenvalue weighted by molar-refractivity contribution is 0.123. The van der Waals surface area contributed by atoms with Gasteiger partial charge in [-0.3, -0.25) is 0 Å². The van der Waals surface area contributed by atoms with Crippen molar-refractivity contribution < 1.29 is 19.0 Å². The molecule has 2 N–H and O–H groups in total. The second kappa shape index (κ2) is 10.4. The van der Waals surface area contributed by atoms with Crippen LogP contribution in [-0.2, 0) is 4.74 Å². The summed E-state index contributed by atoms with van der Waals surface area (Å²) in [6.07, 6.45) is 0. The zero-order valence-corrected chi connectivity index (χ0v) is 16.1. The second-order valence-corrected chi connectivity index (χ2v) is 6.25. The highest BCUT2D eigenvalue weighted by Gasteiger charge is 2.15. The van der Waals surface area contributed by atoms with Crippen molar-refractivity contribution in [2.24, 2.45) is 0 Å². The maximum Gasteiger partial charge on any atom is 0.319 e. The van der Waals surface area contributed by atoms with Crippen molar-refractivity contribution in [1.29, 1.82) is 0 Å². The number of hydrogen-bond acceptors (Lipinski definition) is 5. The molecule has 0 bridgehead atoms. The van der Waals surface area contributed by atoms with Crippen LogP contribution in [0.4, 0.5) is 16.2 Å². The van der Waals surface area contributed by atoms with E-state index >= 15 is 0 Å². The third-order valence-corrected chi connectivity index (χ3v) is 4.28. The predicted molar refractivity (Wildman–Crippen MR) is 110 cm³/mol. The standard InChI is InChI=1S/C21H27N3O4/c1-2-27-17-6-5-7-18(16-17)28-13-10-22-21(25)23-19-8-3-4-9-20(19)24-11-14-26-15-12-24/h3-9,16H,2,10-15H2,1H3,(H2,22,23,25). The van der Waals surface area contributed by atoms with E-state index in [-0.39, 0.29) is 6.03 Å². The van der Waals surface area contributed by atoms with Crippen molar-refractivity contribution in [3.63, 3.8) is 0 Å². The predicted octanol–water partition coefficient (Wildman–Crippen LogP) is 3.12. The molecule has 2 aromatic carbocycles. The van der Waals surface area contributed by atoms with Crippen LogP contribution in [0.15, 0.2) is 48.5 Å². The molecule has 1 heterocycles. The molecule has 1 fully saturated rings. The van der Waals surface area contributed by atoms with Gasteiger partial charge in [-0.2, -0.15) is 0 Å². The molecule has 1 aliphatic heterocycles. The number of benzene rings is 2. The molecule has 150 valence electrons. The SMILES string of the molecule is CCOc1cccc(OCCNC(=O)Nc2ccccc2N2CCOCC2)c1. The number of nitrogens with one attached hydrogen (secondary N) is 2. The van der Waals surface area contributed by atoms with E-state index < -0.39 is 0 Å². The van der Waals surface area contributed by atoms with E-state index in [9.17, 15) is 4.79 Å². The number of rotatable bonds is 8. The number of carbonyl (C=O) groups is 1. The van der Waals surface area contributed by atoms with E-state index in [1.807, 2.05) is 55.5 Å². The topological polar surface area (TPSA) is 72.1 Å². The fourth-order valence-corrected chi connectivity index (χ4v) is 2.98. The molecule has 0 atom stereocenters. The van der Waals surface area contributed by atoms with Gasteiger partial charge in [0.25, 0.3) is 0 Å². The third-order valence-electron chi connectivity index (χ3n) is 4.28. The first kappa shape index (κ1) is 19.8. The number of para-hydroxylation sites is 2. The minimum Gasteiger partial charge on any atom is -0.494 e. The van der Waals surface area contributed by atoms with Crippen LogP contribution in [0.25, 0.3) is 0 Å². The number of amides is 2. The number of nitrogens with zero attached hydrogens (tertiary/aromatic N) is 1. The van der Waals surface area contributed by atoms with Gasteiger partial charge in [-0.1, -0.05) is 18.2 Å². The van der Waals surface area contributed by atoms with Gasteiger partial charge in [-0.15, -0.1) is 0 Å². The Balaban J connectivity index is 1.45. The van der Waals surface area contributed by atoms with Crippen LogP contribution in [-0.4, -0.2) is 52.1 Å². The van der Waals surface area contributed by atoms with Gasteiger partial charge in [0.05, 0.1) is 37.7 Å². The first-order chi connectivity index (χ1) is 13.8. The number of anilines is 2. The Morgan fingerprint density at radius 2 is 1.82 bits per heavy atom. The molecule has 2 amide bonds. The maximum absolute atomic E-state index is 12.3. The summed E-state index contributed by atoms with van der Waals surface area (Å²) in [6, 6.07) is 15.0. The van der Waals surface area contributed by atoms with E-state index in [2.05, 4.69) is 15.5 Å². The van der Waals surface area contributed by atoms with Crippen molar-refractivity contribution in [2.75, 3.05) is 56.3 Å².